The number of hydrogen-bond donors (Lipinski definition) is 0. The van der Waals surface area contributed by atoms with Crippen molar-refractivity contribution in [2.24, 2.45) is 0 Å². The van der Waals surface area contributed by atoms with E-state index >= 15 is 0 Å². The lowest BCUT2D eigenvalue weighted by Crippen LogP contribution is -2.50. The molecular weight excluding hydrogens is 428 g/mol. The van der Waals surface area contributed by atoms with Crippen LogP contribution in [0, 0.1) is 6.92 Å². The second-order valence-corrected chi connectivity index (χ2v) is 10.1. The highest BCUT2D eigenvalue weighted by molar-refractivity contribution is 7.89. The van der Waals surface area contributed by atoms with Crippen molar-refractivity contribution < 1.29 is 22.7 Å². The molecule has 0 aromatic heterocycles. The lowest BCUT2D eigenvalue weighted by atomic mass is 10.1. The summed E-state index contributed by atoms with van der Waals surface area (Å²) in [5.41, 5.74) is 2.31. The van der Waals surface area contributed by atoms with Crippen molar-refractivity contribution in [1.82, 2.24) is 4.31 Å². The van der Waals surface area contributed by atoms with Gasteiger partial charge in [0.15, 0.2) is 0 Å². The maximum absolute atomic E-state index is 12.8. The molecule has 1 fully saturated rings. The number of aryl methyl sites for hydroxylation is 1. The van der Waals surface area contributed by atoms with Crippen LogP contribution in [-0.2, 0) is 14.8 Å². The van der Waals surface area contributed by atoms with E-state index in [1.54, 1.807) is 50.4 Å². The fourth-order valence-electron chi connectivity index (χ4n) is 3.78. The molecule has 1 aliphatic heterocycles. The molecule has 7 nitrogen and oxygen atoms in total. The van der Waals surface area contributed by atoms with Gasteiger partial charge in [-0.15, -0.1) is 0 Å². The van der Waals surface area contributed by atoms with Crippen LogP contribution in [0.4, 0.5) is 5.69 Å². The summed E-state index contributed by atoms with van der Waals surface area (Å²) in [5.74, 6) is -0.379. The molecule has 0 bridgehead atoms. The molecule has 0 spiro atoms. The number of rotatable bonds is 7. The Morgan fingerprint density at radius 3 is 2.34 bits per heavy atom. The highest BCUT2D eigenvalue weighted by Crippen LogP contribution is 2.25. The zero-order chi connectivity index (χ0) is 23.3. The van der Waals surface area contributed by atoms with Gasteiger partial charge in [0.2, 0.25) is 10.0 Å². The number of carbonyl (C=O) groups excluding carboxylic acids is 2. The molecule has 1 aliphatic rings. The number of piperidine rings is 1. The number of benzene rings is 2. The van der Waals surface area contributed by atoms with Gasteiger partial charge in [0, 0.05) is 24.8 Å². The fraction of sp³-hybridized carbons (Fsp3) is 0.417. The van der Waals surface area contributed by atoms with Gasteiger partial charge in [-0.2, -0.15) is 4.31 Å². The molecule has 1 unspecified atom stereocenters. The van der Waals surface area contributed by atoms with Crippen LogP contribution in [0.1, 0.15) is 48.5 Å². The highest BCUT2D eigenvalue weighted by atomic mass is 32.2. The minimum Gasteiger partial charge on any atom is -0.425 e. The van der Waals surface area contributed by atoms with Crippen molar-refractivity contribution in [2.75, 3.05) is 24.2 Å². The smallest absolute Gasteiger partial charge is 0.329 e. The summed E-state index contributed by atoms with van der Waals surface area (Å²) in [6, 6.07) is 13.2. The van der Waals surface area contributed by atoms with Crippen LogP contribution in [-0.4, -0.2) is 50.0 Å². The summed E-state index contributed by atoms with van der Waals surface area (Å²) in [6.45, 7) is 4.10. The number of amides is 1. The summed E-state index contributed by atoms with van der Waals surface area (Å²) in [4.78, 5) is 27.0. The molecule has 2 aromatic rings. The number of anilines is 1. The SMILES string of the molecule is CCCS(=O)(=O)N1CCCCC1C(=O)Oc1ccc(N(C)C(=O)c2ccc(C)cc2)cc1. The molecule has 32 heavy (non-hydrogen) atoms. The first-order valence-corrected chi connectivity index (χ1v) is 12.5. The van der Waals surface area contributed by atoms with Gasteiger partial charge in [-0.1, -0.05) is 24.6 Å². The summed E-state index contributed by atoms with van der Waals surface area (Å²) in [5, 5.41) is 0. The Morgan fingerprint density at radius 1 is 1.06 bits per heavy atom. The van der Waals surface area contributed by atoms with Crippen molar-refractivity contribution >= 4 is 27.6 Å². The summed E-state index contributed by atoms with van der Waals surface area (Å²) < 4.78 is 31.9. The lowest BCUT2D eigenvalue weighted by Gasteiger charge is -2.32. The van der Waals surface area contributed by atoms with Crippen LogP contribution in [0.3, 0.4) is 0 Å². The highest BCUT2D eigenvalue weighted by Gasteiger charge is 2.37. The first-order valence-electron chi connectivity index (χ1n) is 10.9. The first-order chi connectivity index (χ1) is 15.2. The van der Waals surface area contributed by atoms with Gasteiger partial charge in [0.25, 0.3) is 5.91 Å². The van der Waals surface area contributed by atoms with E-state index in [0.717, 1.165) is 18.4 Å². The number of esters is 1. The first kappa shape index (κ1) is 23.9. The third-order valence-corrected chi connectivity index (χ3v) is 7.67. The van der Waals surface area contributed by atoms with Crippen LogP contribution in [0.5, 0.6) is 5.75 Å². The Balaban J connectivity index is 1.68. The van der Waals surface area contributed by atoms with E-state index in [0.29, 0.717) is 36.4 Å². The van der Waals surface area contributed by atoms with E-state index < -0.39 is 22.0 Å². The van der Waals surface area contributed by atoms with Gasteiger partial charge in [0.05, 0.1) is 5.75 Å². The zero-order valence-electron chi connectivity index (χ0n) is 18.8. The molecule has 0 aliphatic carbocycles. The van der Waals surface area contributed by atoms with Crippen molar-refractivity contribution in [3.8, 4) is 5.75 Å². The number of sulfonamides is 1. The van der Waals surface area contributed by atoms with Crippen LogP contribution < -0.4 is 9.64 Å². The summed E-state index contributed by atoms with van der Waals surface area (Å²) >= 11 is 0. The maximum Gasteiger partial charge on any atom is 0.329 e. The van der Waals surface area contributed by atoms with Crippen LogP contribution in [0.15, 0.2) is 48.5 Å². The number of hydrogen-bond acceptors (Lipinski definition) is 5. The third kappa shape index (κ3) is 5.55. The predicted octanol–water partition coefficient (Wildman–Crippen LogP) is 3.77. The van der Waals surface area contributed by atoms with Gasteiger partial charge < -0.3 is 9.64 Å². The molecule has 3 rings (SSSR count). The molecule has 8 heteroatoms. The number of ether oxygens (including phenoxy) is 1. The van der Waals surface area contributed by atoms with Crippen molar-refractivity contribution in [3.05, 3.63) is 59.7 Å². The zero-order valence-corrected chi connectivity index (χ0v) is 19.6. The van der Waals surface area contributed by atoms with E-state index in [-0.39, 0.29) is 11.7 Å². The van der Waals surface area contributed by atoms with Crippen LogP contribution >= 0.6 is 0 Å². The van der Waals surface area contributed by atoms with Gasteiger partial charge in [-0.25, -0.2) is 13.2 Å². The molecule has 0 radical (unpaired) electrons. The Bertz CT molecular complexity index is 1050. The maximum atomic E-state index is 12.8. The molecule has 1 saturated heterocycles. The fourth-order valence-corrected chi connectivity index (χ4v) is 5.51. The van der Waals surface area contributed by atoms with E-state index in [1.807, 2.05) is 19.1 Å². The molecule has 1 atom stereocenters. The minimum absolute atomic E-state index is 0.0207. The molecule has 2 aromatic carbocycles. The van der Waals surface area contributed by atoms with Gasteiger partial charge in [-0.3, -0.25) is 4.79 Å². The van der Waals surface area contributed by atoms with Crippen LogP contribution in [0.2, 0.25) is 0 Å². The standard InChI is InChI=1S/C24H30N2O5S/c1-4-17-32(29,30)26-16-6-5-7-22(26)24(28)31-21-14-12-20(13-15-21)25(3)23(27)19-10-8-18(2)9-11-19/h8-15,22H,4-7,16-17H2,1-3H3. The normalized spacial score (nSPS) is 17.0. The Labute approximate surface area is 190 Å². The largest absolute Gasteiger partial charge is 0.425 e. The van der Waals surface area contributed by atoms with E-state index in [1.165, 1.54) is 9.21 Å². The topological polar surface area (TPSA) is 84.0 Å². The van der Waals surface area contributed by atoms with Crippen molar-refractivity contribution in [3.63, 3.8) is 0 Å². The second kappa shape index (κ2) is 10.3. The number of carbonyl (C=O) groups is 2. The summed E-state index contributed by atoms with van der Waals surface area (Å²) in [7, 11) is -1.81. The number of nitrogens with zero attached hydrogens (tertiary/aromatic N) is 2. The molecular formula is C24H30N2O5S. The second-order valence-electron chi connectivity index (χ2n) is 8.08. The van der Waals surface area contributed by atoms with E-state index in [2.05, 4.69) is 0 Å². The molecule has 0 N–H and O–H groups in total. The van der Waals surface area contributed by atoms with Gasteiger partial charge >= 0.3 is 5.97 Å². The average Bonchev–Trinajstić information content (AvgIpc) is 2.79. The third-order valence-electron chi connectivity index (χ3n) is 5.59. The van der Waals surface area contributed by atoms with Gasteiger partial charge in [-0.05, 0) is 69.0 Å². The minimum atomic E-state index is -3.49. The van der Waals surface area contributed by atoms with E-state index in [9.17, 15) is 18.0 Å². The Hall–Kier alpha value is -2.71. The molecule has 1 heterocycles. The molecule has 172 valence electrons. The van der Waals surface area contributed by atoms with Gasteiger partial charge in [0.1, 0.15) is 11.8 Å². The monoisotopic (exact) mass is 458 g/mol. The van der Waals surface area contributed by atoms with E-state index in [4.69, 9.17) is 4.74 Å². The predicted molar refractivity (Wildman–Crippen MR) is 124 cm³/mol. The lowest BCUT2D eigenvalue weighted by molar-refractivity contribution is -0.139. The van der Waals surface area contributed by atoms with Crippen molar-refractivity contribution in [2.45, 2.75) is 45.6 Å². The summed E-state index contributed by atoms with van der Waals surface area (Å²) in [6.07, 6.45) is 2.47. The molecule has 1 amide bonds. The molecule has 0 saturated carbocycles. The quantitative estimate of drug-likeness (QED) is 0.466. The van der Waals surface area contributed by atoms with Crippen molar-refractivity contribution in [1.29, 1.82) is 0 Å². The Kier molecular flexibility index (Phi) is 7.69. The average molecular weight is 459 g/mol. The van der Waals surface area contributed by atoms with Crippen LogP contribution in [0.25, 0.3) is 0 Å². The Morgan fingerprint density at radius 2 is 1.72 bits per heavy atom.